The Labute approximate surface area is 70.0 Å². The van der Waals surface area contributed by atoms with Gasteiger partial charge in [-0.05, 0) is 13.0 Å². The van der Waals surface area contributed by atoms with Gasteiger partial charge in [0.15, 0.2) is 5.69 Å². The number of hydrogen-bond donors (Lipinski definition) is 2. The molecule has 0 fully saturated rings. The molecule has 1 heterocycles. The fourth-order valence-electron chi connectivity index (χ4n) is 0.847. The average Bonchev–Trinajstić information content (AvgIpc) is 2.05. The standard InChI is InChI=1S/C7H10N4O/c1-2-9-5-3-4-10-11-6(5)7(8)12/h3-4H,2H2,1H3,(H2,8,12)(H,9,10). The maximum atomic E-state index is 10.8. The minimum absolute atomic E-state index is 0.180. The summed E-state index contributed by atoms with van der Waals surface area (Å²) in [6.07, 6.45) is 1.50. The van der Waals surface area contributed by atoms with Gasteiger partial charge in [0, 0.05) is 6.54 Å². The van der Waals surface area contributed by atoms with Crippen molar-refractivity contribution in [2.24, 2.45) is 5.73 Å². The first-order chi connectivity index (χ1) is 5.75. The van der Waals surface area contributed by atoms with E-state index < -0.39 is 5.91 Å². The van der Waals surface area contributed by atoms with Gasteiger partial charge in [0.25, 0.3) is 5.91 Å². The first-order valence-corrected chi connectivity index (χ1v) is 3.61. The highest BCUT2D eigenvalue weighted by Gasteiger charge is 2.07. The summed E-state index contributed by atoms with van der Waals surface area (Å²) in [6.45, 7) is 2.64. The van der Waals surface area contributed by atoms with Crippen LogP contribution >= 0.6 is 0 Å². The van der Waals surface area contributed by atoms with Gasteiger partial charge in [-0.25, -0.2) is 0 Å². The molecule has 0 aliphatic carbocycles. The lowest BCUT2D eigenvalue weighted by Gasteiger charge is -2.04. The molecule has 0 spiro atoms. The summed E-state index contributed by atoms with van der Waals surface area (Å²) in [4.78, 5) is 10.8. The maximum absolute atomic E-state index is 10.8. The smallest absolute Gasteiger partial charge is 0.271 e. The molecule has 1 rings (SSSR count). The van der Waals surface area contributed by atoms with E-state index in [4.69, 9.17) is 5.73 Å². The molecule has 0 aliphatic rings. The predicted octanol–water partition coefficient (Wildman–Crippen LogP) is 0.00730. The molecular formula is C7H10N4O. The summed E-state index contributed by atoms with van der Waals surface area (Å²) in [5.41, 5.74) is 5.87. The van der Waals surface area contributed by atoms with Crippen LogP contribution in [0.25, 0.3) is 0 Å². The Kier molecular flexibility index (Phi) is 2.57. The topological polar surface area (TPSA) is 80.9 Å². The van der Waals surface area contributed by atoms with Crippen molar-refractivity contribution in [2.75, 3.05) is 11.9 Å². The zero-order valence-corrected chi connectivity index (χ0v) is 6.74. The molecule has 3 N–H and O–H groups in total. The van der Waals surface area contributed by atoms with Crippen LogP contribution in [0.5, 0.6) is 0 Å². The Morgan fingerprint density at radius 1 is 1.75 bits per heavy atom. The lowest BCUT2D eigenvalue weighted by atomic mass is 10.3. The Bertz CT molecular complexity index is 286. The van der Waals surface area contributed by atoms with Crippen molar-refractivity contribution in [3.8, 4) is 0 Å². The second kappa shape index (κ2) is 3.66. The van der Waals surface area contributed by atoms with Crippen LogP contribution in [0.4, 0.5) is 5.69 Å². The lowest BCUT2D eigenvalue weighted by Crippen LogP contribution is -2.16. The number of carbonyl (C=O) groups excluding carboxylic acids is 1. The second-order valence-corrected chi connectivity index (χ2v) is 2.19. The van der Waals surface area contributed by atoms with Crippen molar-refractivity contribution >= 4 is 11.6 Å². The van der Waals surface area contributed by atoms with Gasteiger partial charge >= 0.3 is 0 Å². The van der Waals surface area contributed by atoms with Gasteiger partial charge in [-0.15, -0.1) is 5.10 Å². The third kappa shape index (κ3) is 1.69. The van der Waals surface area contributed by atoms with E-state index in [9.17, 15) is 4.79 Å². The summed E-state index contributed by atoms with van der Waals surface area (Å²) in [5.74, 6) is -0.570. The third-order valence-corrected chi connectivity index (χ3v) is 1.32. The van der Waals surface area contributed by atoms with E-state index in [1.807, 2.05) is 6.92 Å². The van der Waals surface area contributed by atoms with E-state index >= 15 is 0 Å². The SMILES string of the molecule is CCNc1ccnnc1C(N)=O. The molecular weight excluding hydrogens is 156 g/mol. The highest BCUT2D eigenvalue weighted by atomic mass is 16.1. The van der Waals surface area contributed by atoms with Gasteiger partial charge in [-0.1, -0.05) is 0 Å². The normalized spacial score (nSPS) is 9.42. The quantitative estimate of drug-likeness (QED) is 0.662. The van der Waals surface area contributed by atoms with Crippen LogP contribution < -0.4 is 11.1 Å². The van der Waals surface area contributed by atoms with Crippen molar-refractivity contribution in [2.45, 2.75) is 6.92 Å². The molecule has 0 radical (unpaired) electrons. The summed E-state index contributed by atoms with van der Waals surface area (Å²) in [6, 6.07) is 1.66. The van der Waals surface area contributed by atoms with Gasteiger partial charge in [0.2, 0.25) is 0 Å². The second-order valence-electron chi connectivity index (χ2n) is 2.19. The molecule has 0 saturated heterocycles. The zero-order valence-electron chi connectivity index (χ0n) is 6.74. The van der Waals surface area contributed by atoms with E-state index in [0.717, 1.165) is 0 Å². The van der Waals surface area contributed by atoms with Crippen LogP contribution in [0, 0.1) is 0 Å². The fourth-order valence-corrected chi connectivity index (χ4v) is 0.847. The highest BCUT2D eigenvalue weighted by Crippen LogP contribution is 2.08. The fraction of sp³-hybridized carbons (Fsp3) is 0.286. The number of carbonyl (C=O) groups is 1. The van der Waals surface area contributed by atoms with Crippen LogP contribution in [0.2, 0.25) is 0 Å². The Morgan fingerprint density at radius 2 is 2.50 bits per heavy atom. The Balaban J connectivity index is 3.00. The van der Waals surface area contributed by atoms with E-state index in [1.165, 1.54) is 6.20 Å². The molecule has 0 aromatic carbocycles. The van der Waals surface area contributed by atoms with Crippen molar-refractivity contribution in [1.82, 2.24) is 10.2 Å². The molecule has 5 nitrogen and oxygen atoms in total. The van der Waals surface area contributed by atoms with Gasteiger partial charge < -0.3 is 11.1 Å². The van der Waals surface area contributed by atoms with Gasteiger partial charge in [0.1, 0.15) is 0 Å². The number of aromatic nitrogens is 2. The largest absolute Gasteiger partial charge is 0.383 e. The van der Waals surface area contributed by atoms with Crippen molar-refractivity contribution in [3.63, 3.8) is 0 Å². The first-order valence-electron chi connectivity index (χ1n) is 3.61. The van der Waals surface area contributed by atoms with E-state index in [0.29, 0.717) is 12.2 Å². The number of nitrogens with two attached hydrogens (primary N) is 1. The summed E-state index contributed by atoms with van der Waals surface area (Å²) >= 11 is 0. The van der Waals surface area contributed by atoms with Crippen molar-refractivity contribution in [3.05, 3.63) is 18.0 Å². The Hall–Kier alpha value is -1.65. The predicted molar refractivity (Wildman–Crippen MR) is 44.7 cm³/mol. The molecule has 0 saturated carbocycles. The number of nitrogens with one attached hydrogen (secondary N) is 1. The molecule has 0 bridgehead atoms. The molecule has 0 unspecified atom stereocenters. The van der Waals surface area contributed by atoms with Gasteiger partial charge in [-0.2, -0.15) is 5.10 Å². The molecule has 0 aliphatic heterocycles. The van der Waals surface area contributed by atoms with Crippen LogP contribution in [0.1, 0.15) is 17.4 Å². The molecule has 0 atom stereocenters. The zero-order chi connectivity index (χ0) is 8.97. The molecule has 1 aromatic rings. The maximum Gasteiger partial charge on any atom is 0.271 e. The number of rotatable bonds is 3. The first kappa shape index (κ1) is 8.45. The van der Waals surface area contributed by atoms with Gasteiger partial charge in [-0.3, -0.25) is 4.79 Å². The average molecular weight is 166 g/mol. The van der Waals surface area contributed by atoms with Crippen LogP contribution in [0.3, 0.4) is 0 Å². The monoisotopic (exact) mass is 166 g/mol. The molecule has 1 aromatic heterocycles. The minimum atomic E-state index is -0.570. The van der Waals surface area contributed by atoms with Gasteiger partial charge in [0.05, 0.1) is 11.9 Å². The Morgan fingerprint density at radius 3 is 3.08 bits per heavy atom. The lowest BCUT2D eigenvalue weighted by molar-refractivity contribution is 0.0995. The molecule has 64 valence electrons. The van der Waals surface area contributed by atoms with Crippen molar-refractivity contribution in [1.29, 1.82) is 0 Å². The number of amides is 1. The van der Waals surface area contributed by atoms with Crippen molar-refractivity contribution < 1.29 is 4.79 Å². The number of nitrogens with zero attached hydrogens (tertiary/aromatic N) is 2. The summed E-state index contributed by atoms with van der Waals surface area (Å²) in [7, 11) is 0. The summed E-state index contributed by atoms with van der Waals surface area (Å²) < 4.78 is 0. The number of primary amides is 1. The third-order valence-electron chi connectivity index (χ3n) is 1.32. The number of anilines is 1. The van der Waals surface area contributed by atoms with E-state index in [-0.39, 0.29) is 5.69 Å². The van der Waals surface area contributed by atoms with E-state index in [1.54, 1.807) is 6.07 Å². The van der Waals surface area contributed by atoms with Crippen LogP contribution in [-0.2, 0) is 0 Å². The summed E-state index contributed by atoms with van der Waals surface area (Å²) in [5, 5.41) is 10.1. The van der Waals surface area contributed by atoms with Crippen LogP contribution in [0.15, 0.2) is 12.3 Å². The molecule has 1 amide bonds. The van der Waals surface area contributed by atoms with Crippen LogP contribution in [-0.4, -0.2) is 22.6 Å². The molecule has 5 heteroatoms. The van der Waals surface area contributed by atoms with E-state index in [2.05, 4.69) is 15.5 Å². The minimum Gasteiger partial charge on any atom is -0.383 e. The highest BCUT2D eigenvalue weighted by molar-refractivity contribution is 5.96. The number of hydrogen-bond acceptors (Lipinski definition) is 4. The molecule has 12 heavy (non-hydrogen) atoms.